The van der Waals surface area contributed by atoms with E-state index in [0.717, 1.165) is 11.6 Å². The topological polar surface area (TPSA) is 104 Å². The summed E-state index contributed by atoms with van der Waals surface area (Å²) in [5, 5.41) is 18.5. The molecule has 0 atom stereocenters. The van der Waals surface area contributed by atoms with Gasteiger partial charge >= 0.3 is 5.97 Å². The number of aromatic hydroxyl groups is 1. The number of rotatable bonds is 6. The van der Waals surface area contributed by atoms with Crippen molar-refractivity contribution >= 4 is 21.7 Å². The Bertz CT molecular complexity index is 772. The molecule has 3 N–H and O–H groups in total. The van der Waals surface area contributed by atoms with Crippen molar-refractivity contribution in [2.45, 2.75) is 6.42 Å². The van der Waals surface area contributed by atoms with Crippen LogP contribution in [0.2, 0.25) is 0 Å². The quantitative estimate of drug-likeness (QED) is 0.707. The van der Waals surface area contributed by atoms with E-state index in [4.69, 9.17) is 5.11 Å². The Morgan fingerprint density at radius 2 is 1.77 bits per heavy atom. The van der Waals surface area contributed by atoms with Gasteiger partial charge in [-0.3, -0.25) is 4.72 Å². The van der Waals surface area contributed by atoms with E-state index in [1.165, 1.54) is 12.1 Å². The van der Waals surface area contributed by atoms with Gasteiger partial charge in [-0.2, -0.15) is 0 Å². The highest BCUT2D eigenvalue weighted by Gasteiger charge is 2.14. The van der Waals surface area contributed by atoms with Gasteiger partial charge in [-0.15, -0.1) is 0 Å². The monoisotopic (exact) mass is 321 g/mol. The van der Waals surface area contributed by atoms with Crippen molar-refractivity contribution in [3.8, 4) is 5.75 Å². The predicted molar refractivity (Wildman–Crippen MR) is 82.6 cm³/mol. The molecule has 0 fully saturated rings. The molecule has 0 aliphatic rings. The van der Waals surface area contributed by atoms with Crippen LogP contribution < -0.4 is 4.72 Å². The molecule has 116 valence electrons. The number of carbonyl (C=O) groups is 1. The third kappa shape index (κ3) is 4.23. The summed E-state index contributed by atoms with van der Waals surface area (Å²) in [5.74, 6) is -1.77. The van der Waals surface area contributed by atoms with Crippen LogP contribution in [-0.4, -0.2) is 30.4 Å². The standard InChI is InChI=1S/C15H15NO5S/c17-14-10-12(15(18)19)6-7-13(14)16-22(20,21)9-8-11-4-2-1-3-5-11/h1-7,10,16-17H,8-9H2,(H,18,19). The molecule has 0 spiro atoms. The Morgan fingerprint density at radius 1 is 1.09 bits per heavy atom. The summed E-state index contributed by atoms with van der Waals surface area (Å²) in [7, 11) is -3.65. The van der Waals surface area contributed by atoms with Crippen LogP contribution in [-0.2, 0) is 16.4 Å². The minimum absolute atomic E-state index is 0.0435. The maximum atomic E-state index is 12.0. The maximum Gasteiger partial charge on any atom is 0.335 e. The zero-order valence-electron chi connectivity index (χ0n) is 11.6. The number of nitrogens with one attached hydrogen (secondary N) is 1. The van der Waals surface area contributed by atoms with E-state index in [2.05, 4.69) is 4.72 Å². The van der Waals surface area contributed by atoms with Crippen molar-refractivity contribution in [2.75, 3.05) is 10.5 Å². The number of anilines is 1. The fourth-order valence-electron chi connectivity index (χ4n) is 1.87. The third-order valence-corrected chi connectivity index (χ3v) is 4.28. The van der Waals surface area contributed by atoms with Gasteiger partial charge in [0, 0.05) is 0 Å². The van der Waals surface area contributed by atoms with E-state index < -0.39 is 21.7 Å². The van der Waals surface area contributed by atoms with Crippen LogP contribution in [0.5, 0.6) is 5.75 Å². The van der Waals surface area contributed by atoms with Crippen LogP contribution in [0.4, 0.5) is 5.69 Å². The third-order valence-electron chi connectivity index (χ3n) is 3.01. The van der Waals surface area contributed by atoms with Gasteiger partial charge in [0.05, 0.1) is 17.0 Å². The first-order valence-electron chi connectivity index (χ1n) is 6.48. The lowest BCUT2D eigenvalue weighted by molar-refractivity contribution is 0.0696. The summed E-state index contributed by atoms with van der Waals surface area (Å²) >= 11 is 0. The fourth-order valence-corrected chi connectivity index (χ4v) is 2.98. The Balaban J connectivity index is 2.07. The van der Waals surface area contributed by atoms with Crippen LogP contribution in [0.1, 0.15) is 15.9 Å². The number of hydrogen-bond donors (Lipinski definition) is 3. The van der Waals surface area contributed by atoms with Crippen LogP contribution >= 0.6 is 0 Å². The molecule has 2 rings (SSSR count). The molecule has 2 aromatic carbocycles. The van der Waals surface area contributed by atoms with E-state index >= 15 is 0 Å². The molecule has 0 saturated carbocycles. The van der Waals surface area contributed by atoms with Crippen LogP contribution in [0.3, 0.4) is 0 Å². The van der Waals surface area contributed by atoms with Gasteiger partial charge in [0.25, 0.3) is 0 Å². The van der Waals surface area contributed by atoms with Crippen molar-refractivity contribution < 1.29 is 23.4 Å². The number of aryl methyl sites for hydroxylation is 1. The predicted octanol–water partition coefficient (Wildman–Crippen LogP) is 2.07. The molecule has 0 saturated heterocycles. The van der Waals surface area contributed by atoms with E-state index in [9.17, 15) is 18.3 Å². The lowest BCUT2D eigenvalue weighted by atomic mass is 10.2. The lowest BCUT2D eigenvalue weighted by Gasteiger charge is -2.10. The smallest absolute Gasteiger partial charge is 0.335 e. The van der Waals surface area contributed by atoms with Gasteiger partial charge in [-0.05, 0) is 30.2 Å². The van der Waals surface area contributed by atoms with Crippen LogP contribution in [0, 0.1) is 0 Å². The largest absolute Gasteiger partial charge is 0.506 e. The van der Waals surface area contributed by atoms with E-state index in [-0.39, 0.29) is 17.0 Å². The molecule has 0 unspecified atom stereocenters. The first-order chi connectivity index (χ1) is 10.4. The summed E-state index contributed by atoms with van der Waals surface area (Å²) < 4.78 is 26.3. The number of sulfonamides is 1. The molecule has 2 aromatic rings. The molecule has 0 radical (unpaired) electrons. The Morgan fingerprint density at radius 3 is 2.36 bits per heavy atom. The molecule has 0 aliphatic heterocycles. The van der Waals surface area contributed by atoms with Crippen molar-refractivity contribution in [1.82, 2.24) is 0 Å². The maximum absolute atomic E-state index is 12.0. The van der Waals surface area contributed by atoms with Gasteiger partial charge in [-0.25, -0.2) is 13.2 Å². The first kappa shape index (κ1) is 15.8. The summed E-state index contributed by atoms with van der Waals surface area (Å²) in [5.41, 5.74) is 0.723. The molecule has 0 amide bonds. The van der Waals surface area contributed by atoms with Gasteiger partial charge < -0.3 is 10.2 Å². The number of carboxylic acids is 1. The van der Waals surface area contributed by atoms with Crippen molar-refractivity contribution in [1.29, 1.82) is 0 Å². The highest BCUT2D eigenvalue weighted by Crippen LogP contribution is 2.25. The van der Waals surface area contributed by atoms with Gasteiger partial charge in [0.1, 0.15) is 5.75 Å². The molecule has 22 heavy (non-hydrogen) atoms. The van der Waals surface area contributed by atoms with Crippen LogP contribution in [0.25, 0.3) is 0 Å². The molecule has 0 bridgehead atoms. The second kappa shape index (κ2) is 6.48. The number of benzene rings is 2. The SMILES string of the molecule is O=C(O)c1ccc(NS(=O)(=O)CCc2ccccc2)c(O)c1. The zero-order chi connectivity index (χ0) is 16.2. The summed E-state index contributed by atoms with van der Waals surface area (Å²) in [6.07, 6.45) is 0.337. The summed E-state index contributed by atoms with van der Waals surface area (Å²) in [4.78, 5) is 10.8. The molecule has 0 aromatic heterocycles. The molecule has 0 heterocycles. The number of phenols is 1. The van der Waals surface area contributed by atoms with Gasteiger partial charge in [0.15, 0.2) is 0 Å². The summed E-state index contributed by atoms with van der Waals surface area (Å²) in [6.45, 7) is 0. The highest BCUT2D eigenvalue weighted by atomic mass is 32.2. The molecular weight excluding hydrogens is 306 g/mol. The number of aromatic carboxylic acids is 1. The highest BCUT2D eigenvalue weighted by molar-refractivity contribution is 7.92. The second-order valence-electron chi connectivity index (χ2n) is 4.69. The Kier molecular flexibility index (Phi) is 4.67. The molecule has 7 heteroatoms. The molecular formula is C15H15NO5S. The lowest BCUT2D eigenvalue weighted by Crippen LogP contribution is -2.18. The average molecular weight is 321 g/mol. The second-order valence-corrected chi connectivity index (χ2v) is 6.54. The summed E-state index contributed by atoms with van der Waals surface area (Å²) in [6, 6.07) is 12.6. The number of hydrogen-bond acceptors (Lipinski definition) is 4. The van der Waals surface area contributed by atoms with Crippen molar-refractivity contribution in [3.05, 3.63) is 59.7 Å². The van der Waals surface area contributed by atoms with E-state index in [1.54, 1.807) is 0 Å². The molecule has 6 nitrogen and oxygen atoms in total. The number of carboxylic acid groups (broad SMARTS) is 1. The minimum Gasteiger partial charge on any atom is -0.506 e. The average Bonchev–Trinajstić information content (AvgIpc) is 2.48. The zero-order valence-corrected chi connectivity index (χ0v) is 12.4. The van der Waals surface area contributed by atoms with Gasteiger partial charge in [0.2, 0.25) is 10.0 Å². The Labute approximate surface area is 128 Å². The van der Waals surface area contributed by atoms with E-state index in [1.807, 2.05) is 30.3 Å². The van der Waals surface area contributed by atoms with Crippen molar-refractivity contribution in [3.63, 3.8) is 0 Å². The van der Waals surface area contributed by atoms with E-state index in [0.29, 0.717) is 6.42 Å². The fraction of sp³-hybridized carbons (Fsp3) is 0.133. The molecule has 0 aliphatic carbocycles. The number of phenolic OH excluding ortho intramolecular Hbond substituents is 1. The minimum atomic E-state index is -3.65. The van der Waals surface area contributed by atoms with Gasteiger partial charge in [-0.1, -0.05) is 30.3 Å². The van der Waals surface area contributed by atoms with Crippen LogP contribution in [0.15, 0.2) is 48.5 Å². The first-order valence-corrected chi connectivity index (χ1v) is 8.13. The Hall–Kier alpha value is -2.54. The van der Waals surface area contributed by atoms with Crippen molar-refractivity contribution in [2.24, 2.45) is 0 Å². The normalized spacial score (nSPS) is 11.1.